The van der Waals surface area contributed by atoms with Gasteiger partial charge < -0.3 is 14.8 Å². The molecule has 2 atom stereocenters. The molecule has 0 radical (unpaired) electrons. The van der Waals surface area contributed by atoms with E-state index in [0.29, 0.717) is 24.6 Å². The van der Waals surface area contributed by atoms with Crippen molar-refractivity contribution in [2.75, 3.05) is 33.9 Å². The van der Waals surface area contributed by atoms with Crippen LogP contribution < -0.4 is 14.8 Å². The van der Waals surface area contributed by atoms with Gasteiger partial charge >= 0.3 is 0 Å². The highest BCUT2D eigenvalue weighted by molar-refractivity contribution is 5.94. The Balaban J connectivity index is 1.66. The van der Waals surface area contributed by atoms with E-state index in [0.717, 1.165) is 37.3 Å². The molecule has 1 N–H and O–H groups in total. The van der Waals surface area contributed by atoms with Crippen LogP contribution in [0.4, 0.5) is 0 Å². The average Bonchev–Trinajstić information content (AvgIpc) is 2.76. The van der Waals surface area contributed by atoms with Gasteiger partial charge in [-0.1, -0.05) is 25.1 Å². The number of amides is 1. The number of ether oxygens (including phenoxy) is 2. The van der Waals surface area contributed by atoms with Crippen molar-refractivity contribution >= 4 is 5.91 Å². The standard InChI is InChI=1S/C24H32N2O3/c1-4-15-29-22-9-5-7-19(16-22)24(27)25-17-20-8-6-14-26(2)23(20)18-10-12-21(28-3)13-11-18/h5,7,9-13,16,20,23H,4,6,8,14-15,17H2,1-3H3,(H,25,27). The number of likely N-dealkylation sites (tertiary alicyclic amines) is 1. The fraction of sp³-hybridized carbons (Fsp3) is 0.458. The van der Waals surface area contributed by atoms with Gasteiger partial charge in [-0.3, -0.25) is 9.69 Å². The number of nitrogens with zero attached hydrogens (tertiary/aromatic N) is 1. The summed E-state index contributed by atoms with van der Waals surface area (Å²) in [4.78, 5) is 15.1. The Labute approximate surface area is 174 Å². The van der Waals surface area contributed by atoms with Crippen LogP contribution in [0.3, 0.4) is 0 Å². The quantitative estimate of drug-likeness (QED) is 0.723. The molecule has 2 aromatic carbocycles. The van der Waals surface area contributed by atoms with Crippen molar-refractivity contribution in [3.63, 3.8) is 0 Å². The number of hydrogen-bond acceptors (Lipinski definition) is 4. The molecule has 5 nitrogen and oxygen atoms in total. The lowest BCUT2D eigenvalue weighted by molar-refractivity contribution is 0.0891. The predicted molar refractivity (Wildman–Crippen MR) is 116 cm³/mol. The molecule has 1 amide bonds. The molecule has 1 aliphatic rings. The van der Waals surface area contributed by atoms with Crippen LogP contribution in [-0.4, -0.2) is 44.7 Å². The Morgan fingerprint density at radius 1 is 1.17 bits per heavy atom. The summed E-state index contributed by atoms with van der Waals surface area (Å²) >= 11 is 0. The summed E-state index contributed by atoms with van der Waals surface area (Å²) in [5.41, 5.74) is 1.91. The lowest BCUT2D eigenvalue weighted by atomic mass is 9.85. The first kappa shape index (κ1) is 21.2. The zero-order chi connectivity index (χ0) is 20.6. The summed E-state index contributed by atoms with van der Waals surface area (Å²) in [6.07, 6.45) is 3.18. The van der Waals surface area contributed by atoms with E-state index in [9.17, 15) is 4.79 Å². The maximum Gasteiger partial charge on any atom is 0.251 e. The molecule has 0 spiro atoms. The largest absolute Gasteiger partial charge is 0.497 e. The minimum Gasteiger partial charge on any atom is -0.497 e. The highest BCUT2D eigenvalue weighted by atomic mass is 16.5. The summed E-state index contributed by atoms with van der Waals surface area (Å²) in [6.45, 7) is 4.44. The fourth-order valence-corrected chi connectivity index (χ4v) is 4.07. The third-order valence-corrected chi connectivity index (χ3v) is 5.56. The Hall–Kier alpha value is -2.53. The molecule has 0 bridgehead atoms. The number of carbonyl (C=O) groups excluding carboxylic acids is 1. The van der Waals surface area contributed by atoms with E-state index < -0.39 is 0 Å². The second-order valence-corrected chi connectivity index (χ2v) is 7.69. The van der Waals surface area contributed by atoms with Crippen molar-refractivity contribution in [2.45, 2.75) is 32.2 Å². The Morgan fingerprint density at radius 3 is 2.69 bits per heavy atom. The van der Waals surface area contributed by atoms with Gasteiger partial charge in [0.2, 0.25) is 0 Å². The lowest BCUT2D eigenvalue weighted by Gasteiger charge is -2.39. The van der Waals surface area contributed by atoms with E-state index in [1.165, 1.54) is 5.56 Å². The molecule has 5 heteroatoms. The molecule has 29 heavy (non-hydrogen) atoms. The number of nitrogens with one attached hydrogen (secondary N) is 1. The third-order valence-electron chi connectivity index (χ3n) is 5.56. The van der Waals surface area contributed by atoms with Crippen molar-refractivity contribution in [1.82, 2.24) is 10.2 Å². The second-order valence-electron chi connectivity index (χ2n) is 7.69. The van der Waals surface area contributed by atoms with Crippen molar-refractivity contribution in [3.05, 3.63) is 59.7 Å². The highest BCUT2D eigenvalue weighted by Crippen LogP contribution is 2.35. The normalized spacial score (nSPS) is 19.6. The molecule has 0 aromatic heterocycles. The Kier molecular flexibility index (Phi) is 7.53. The highest BCUT2D eigenvalue weighted by Gasteiger charge is 2.30. The van der Waals surface area contributed by atoms with Crippen molar-refractivity contribution in [3.8, 4) is 11.5 Å². The summed E-state index contributed by atoms with van der Waals surface area (Å²) in [5.74, 6) is 1.93. The molecule has 0 aliphatic carbocycles. The summed E-state index contributed by atoms with van der Waals surface area (Å²) < 4.78 is 10.9. The Bertz CT molecular complexity index is 791. The summed E-state index contributed by atoms with van der Waals surface area (Å²) in [6, 6.07) is 16.0. The molecule has 2 unspecified atom stereocenters. The molecule has 156 valence electrons. The van der Waals surface area contributed by atoms with E-state index in [1.54, 1.807) is 7.11 Å². The van der Waals surface area contributed by atoms with Crippen LogP contribution in [0, 0.1) is 5.92 Å². The van der Waals surface area contributed by atoms with Crippen LogP contribution in [-0.2, 0) is 0 Å². The van der Waals surface area contributed by atoms with E-state index in [1.807, 2.05) is 36.4 Å². The number of benzene rings is 2. The number of rotatable bonds is 8. The topological polar surface area (TPSA) is 50.8 Å². The van der Waals surface area contributed by atoms with E-state index >= 15 is 0 Å². The van der Waals surface area contributed by atoms with Crippen LogP contribution >= 0.6 is 0 Å². The molecule has 1 aliphatic heterocycles. The van der Waals surface area contributed by atoms with Crippen LogP contribution in [0.25, 0.3) is 0 Å². The van der Waals surface area contributed by atoms with Crippen molar-refractivity contribution < 1.29 is 14.3 Å². The average molecular weight is 397 g/mol. The van der Waals surface area contributed by atoms with Crippen molar-refractivity contribution in [2.24, 2.45) is 5.92 Å². The van der Waals surface area contributed by atoms with Gasteiger partial charge in [-0.2, -0.15) is 0 Å². The van der Waals surface area contributed by atoms with E-state index in [4.69, 9.17) is 9.47 Å². The smallest absolute Gasteiger partial charge is 0.251 e. The zero-order valence-corrected chi connectivity index (χ0v) is 17.7. The van der Waals surface area contributed by atoms with Crippen molar-refractivity contribution in [1.29, 1.82) is 0 Å². The lowest BCUT2D eigenvalue weighted by Crippen LogP contribution is -2.41. The molecule has 3 rings (SSSR count). The molecule has 2 aromatic rings. The SMILES string of the molecule is CCCOc1cccc(C(=O)NCC2CCCN(C)C2c2ccc(OC)cc2)c1. The van der Waals surface area contributed by atoms with Crippen LogP contribution in [0.15, 0.2) is 48.5 Å². The first-order valence-electron chi connectivity index (χ1n) is 10.5. The maximum atomic E-state index is 12.7. The third kappa shape index (κ3) is 5.51. The fourth-order valence-electron chi connectivity index (χ4n) is 4.07. The monoisotopic (exact) mass is 396 g/mol. The van der Waals surface area contributed by atoms with Gasteiger partial charge in [-0.05, 0) is 74.7 Å². The molecule has 1 heterocycles. The van der Waals surface area contributed by atoms with Crippen LogP contribution in [0.5, 0.6) is 11.5 Å². The van der Waals surface area contributed by atoms with E-state index in [2.05, 4.69) is 36.3 Å². The van der Waals surface area contributed by atoms with Gasteiger partial charge in [0.15, 0.2) is 0 Å². The summed E-state index contributed by atoms with van der Waals surface area (Å²) in [5, 5.41) is 3.15. The van der Waals surface area contributed by atoms with Gasteiger partial charge in [0.25, 0.3) is 5.91 Å². The van der Waals surface area contributed by atoms with Gasteiger partial charge in [-0.15, -0.1) is 0 Å². The van der Waals surface area contributed by atoms with Gasteiger partial charge in [0.05, 0.1) is 13.7 Å². The number of piperidine rings is 1. The summed E-state index contributed by atoms with van der Waals surface area (Å²) in [7, 11) is 3.85. The van der Waals surface area contributed by atoms with E-state index in [-0.39, 0.29) is 11.9 Å². The molecule has 1 saturated heterocycles. The van der Waals surface area contributed by atoms with Gasteiger partial charge in [0, 0.05) is 18.2 Å². The minimum absolute atomic E-state index is 0.0475. The molecule has 0 saturated carbocycles. The number of carbonyl (C=O) groups is 1. The Morgan fingerprint density at radius 2 is 1.97 bits per heavy atom. The predicted octanol–water partition coefficient (Wildman–Crippen LogP) is 4.30. The number of hydrogen-bond donors (Lipinski definition) is 1. The zero-order valence-electron chi connectivity index (χ0n) is 17.7. The molecule has 1 fully saturated rings. The van der Waals surface area contributed by atoms with Crippen LogP contribution in [0.1, 0.15) is 48.1 Å². The first-order valence-corrected chi connectivity index (χ1v) is 10.5. The minimum atomic E-state index is -0.0475. The second kappa shape index (κ2) is 10.3. The molecular formula is C24H32N2O3. The molecular weight excluding hydrogens is 364 g/mol. The van der Waals surface area contributed by atoms with Gasteiger partial charge in [0.1, 0.15) is 11.5 Å². The first-order chi connectivity index (χ1) is 14.1. The maximum absolute atomic E-state index is 12.7. The van der Waals surface area contributed by atoms with Gasteiger partial charge in [-0.25, -0.2) is 0 Å². The number of methoxy groups -OCH3 is 1. The van der Waals surface area contributed by atoms with Crippen LogP contribution in [0.2, 0.25) is 0 Å².